The van der Waals surface area contributed by atoms with Crippen molar-refractivity contribution in [2.24, 2.45) is 0 Å². The van der Waals surface area contributed by atoms with Gasteiger partial charge in [0, 0.05) is 23.9 Å². The number of anilines is 1. The largest absolute Gasteiger partial charge is 0.480 e. The molecule has 2 aromatic heterocycles. The van der Waals surface area contributed by atoms with Gasteiger partial charge < -0.3 is 14.6 Å². The number of nitrogens with one attached hydrogen (secondary N) is 1. The number of hydrogen-bond donors (Lipinski definition) is 1. The maximum atomic E-state index is 5.42. The number of methoxy groups -OCH3 is 1. The molecule has 0 saturated carbocycles. The molecular weight excluding hydrogens is 338 g/mol. The van der Waals surface area contributed by atoms with E-state index >= 15 is 0 Å². The quantitative estimate of drug-likeness (QED) is 0.535. The SMILES string of the molecule is COc1ncc(-c2c(C)noc2C)cc1NCc1ccc2ccccc2c1. The Hall–Kier alpha value is -3.34. The van der Waals surface area contributed by atoms with Gasteiger partial charge in [0.15, 0.2) is 0 Å². The normalized spacial score (nSPS) is 10.9. The highest BCUT2D eigenvalue weighted by molar-refractivity contribution is 5.83. The molecule has 0 amide bonds. The fourth-order valence-electron chi connectivity index (χ4n) is 3.32. The summed E-state index contributed by atoms with van der Waals surface area (Å²) in [6.45, 7) is 4.51. The Morgan fingerprint density at radius 3 is 2.59 bits per heavy atom. The molecule has 1 N–H and O–H groups in total. The molecule has 2 heterocycles. The number of pyridine rings is 1. The van der Waals surface area contributed by atoms with Crippen LogP contribution in [0.5, 0.6) is 5.88 Å². The molecule has 0 bridgehead atoms. The van der Waals surface area contributed by atoms with Gasteiger partial charge >= 0.3 is 0 Å². The van der Waals surface area contributed by atoms with Crippen molar-refractivity contribution in [2.75, 3.05) is 12.4 Å². The third-order valence-electron chi connectivity index (χ3n) is 4.66. The number of nitrogens with zero attached hydrogens (tertiary/aromatic N) is 2. The highest BCUT2D eigenvalue weighted by Gasteiger charge is 2.14. The first-order valence-electron chi connectivity index (χ1n) is 8.84. The van der Waals surface area contributed by atoms with Gasteiger partial charge in [-0.1, -0.05) is 41.6 Å². The van der Waals surface area contributed by atoms with Crippen LogP contribution in [0, 0.1) is 13.8 Å². The Kier molecular flexibility index (Phi) is 4.50. The molecule has 4 rings (SSSR count). The Balaban J connectivity index is 1.63. The zero-order valence-corrected chi connectivity index (χ0v) is 15.6. The van der Waals surface area contributed by atoms with Crippen molar-refractivity contribution in [3.05, 3.63) is 71.7 Å². The third kappa shape index (κ3) is 3.36. The summed E-state index contributed by atoms with van der Waals surface area (Å²) >= 11 is 0. The molecule has 5 nitrogen and oxygen atoms in total. The van der Waals surface area contributed by atoms with Crippen molar-refractivity contribution in [2.45, 2.75) is 20.4 Å². The lowest BCUT2D eigenvalue weighted by Crippen LogP contribution is -2.03. The summed E-state index contributed by atoms with van der Waals surface area (Å²) in [4.78, 5) is 4.44. The van der Waals surface area contributed by atoms with Crippen LogP contribution in [-0.2, 0) is 6.54 Å². The lowest BCUT2D eigenvalue weighted by atomic mass is 10.1. The van der Waals surface area contributed by atoms with Crippen LogP contribution in [0.4, 0.5) is 5.69 Å². The highest BCUT2D eigenvalue weighted by Crippen LogP contribution is 2.32. The predicted octanol–water partition coefficient (Wildman–Crippen LogP) is 5.13. The first-order chi connectivity index (χ1) is 13.2. The first kappa shape index (κ1) is 17.1. The van der Waals surface area contributed by atoms with E-state index in [0.717, 1.165) is 28.3 Å². The number of aryl methyl sites for hydroxylation is 2. The van der Waals surface area contributed by atoms with E-state index in [4.69, 9.17) is 9.26 Å². The lowest BCUT2D eigenvalue weighted by Gasteiger charge is -2.12. The van der Waals surface area contributed by atoms with E-state index in [-0.39, 0.29) is 0 Å². The molecule has 0 aliphatic carbocycles. The average Bonchev–Trinajstić information content (AvgIpc) is 3.04. The van der Waals surface area contributed by atoms with Gasteiger partial charge in [0.25, 0.3) is 0 Å². The molecule has 136 valence electrons. The second-order valence-electron chi connectivity index (χ2n) is 6.52. The molecule has 0 fully saturated rings. The highest BCUT2D eigenvalue weighted by atomic mass is 16.5. The molecule has 5 heteroatoms. The van der Waals surface area contributed by atoms with E-state index in [0.29, 0.717) is 12.4 Å². The van der Waals surface area contributed by atoms with E-state index in [9.17, 15) is 0 Å². The summed E-state index contributed by atoms with van der Waals surface area (Å²) in [5.74, 6) is 1.34. The van der Waals surface area contributed by atoms with Crippen molar-refractivity contribution >= 4 is 16.5 Å². The van der Waals surface area contributed by atoms with Crippen LogP contribution in [0.3, 0.4) is 0 Å². The maximum Gasteiger partial charge on any atom is 0.237 e. The van der Waals surface area contributed by atoms with Gasteiger partial charge in [0.1, 0.15) is 5.76 Å². The van der Waals surface area contributed by atoms with Crippen molar-refractivity contribution in [3.8, 4) is 17.0 Å². The summed E-state index contributed by atoms with van der Waals surface area (Å²) in [5, 5.41) is 9.95. The van der Waals surface area contributed by atoms with Gasteiger partial charge in [-0.05, 0) is 42.3 Å². The lowest BCUT2D eigenvalue weighted by molar-refractivity contribution is 0.393. The van der Waals surface area contributed by atoms with Crippen molar-refractivity contribution < 1.29 is 9.26 Å². The number of rotatable bonds is 5. The van der Waals surface area contributed by atoms with Crippen LogP contribution < -0.4 is 10.1 Å². The smallest absolute Gasteiger partial charge is 0.237 e. The van der Waals surface area contributed by atoms with Crippen molar-refractivity contribution in [1.82, 2.24) is 10.1 Å². The number of benzene rings is 2. The number of ether oxygens (including phenoxy) is 1. The summed E-state index contributed by atoms with van der Waals surface area (Å²) in [5.41, 5.74) is 4.80. The van der Waals surface area contributed by atoms with Gasteiger partial charge in [-0.3, -0.25) is 0 Å². The zero-order valence-electron chi connectivity index (χ0n) is 15.6. The van der Waals surface area contributed by atoms with E-state index in [2.05, 4.69) is 57.9 Å². The topological polar surface area (TPSA) is 60.2 Å². The molecule has 4 aromatic rings. The summed E-state index contributed by atoms with van der Waals surface area (Å²) in [6, 6.07) is 16.8. The minimum absolute atomic E-state index is 0.561. The van der Waals surface area contributed by atoms with Crippen LogP contribution in [0.25, 0.3) is 21.9 Å². The average molecular weight is 359 g/mol. The number of aromatic nitrogens is 2. The summed E-state index contributed by atoms with van der Waals surface area (Å²) in [6.07, 6.45) is 1.78. The molecule has 2 aromatic carbocycles. The Labute approximate surface area is 158 Å². The van der Waals surface area contributed by atoms with E-state index in [1.54, 1.807) is 13.3 Å². The van der Waals surface area contributed by atoms with Crippen LogP contribution in [0.1, 0.15) is 17.0 Å². The van der Waals surface area contributed by atoms with Crippen LogP contribution in [0.2, 0.25) is 0 Å². The Morgan fingerprint density at radius 1 is 1.04 bits per heavy atom. The zero-order chi connectivity index (χ0) is 18.8. The van der Waals surface area contributed by atoms with Gasteiger partial charge in [0.2, 0.25) is 5.88 Å². The maximum absolute atomic E-state index is 5.42. The molecule has 27 heavy (non-hydrogen) atoms. The molecule has 0 aliphatic rings. The molecule has 0 radical (unpaired) electrons. The minimum Gasteiger partial charge on any atom is -0.480 e. The standard InChI is InChI=1S/C22H21N3O2/c1-14-21(15(2)27-25-14)19-11-20(22(26-3)24-13-19)23-12-16-8-9-17-6-4-5-7-18(17)10-16/h4-11,13,23H,12H2,1-3H3. The fraction of sp³-hybridized carbons (Fsp3) is 0.182. The minimum atomic E-state index is 0.561. The van der Waals surface area contributed by atoms with Crippen molar-refractivity contribution in [3.63, 3.8) is 0 Å². The number of hydrogen-bond acceptors (Lipinski definition) is 5. The first-order valence-corrected chi connectivity index (χ1v) is 8.84. The summed E-state index contributed by atoms with van der Waals surface area (Å²) in [7, 11) is 1.62. The van der Waals surface area contributed by atoms with Gasteiger partial charge in [-0.15, -0.1) is 0 Å². The monoisotopic (exact) mass is 359 g/mol. The van der Waals surface area contributed by atoms with Crippen molar-refractivity contribution in [1.29, 1.82) is 0 Å². The van der Waals surface area contributed by atoms with Gasteiger partial charge in [-0.25, -0.2) is 4.98 Å². The predicted molar refractivity (Wildman–Crippen MR) is 107 cm³/mol. The van der Waals surface area contributed by atoms with Crippen LogP contribution >= 0.6 is 0 Å². The molecule has 0 unspecified atom stereocenters. The second-order valence-corrected chi connectivity index (χ2v) is 6.52. The van der Waals surface area contributed by atoms with Crippen LogP contribution in [-0.4, -0.2) is 17.3 Å². The van der Waals surface area contributed by atoms with E-state index in [1.807, 2.05) is 19.9 Å². The van der Waals surface area contributed by atoms with E-state index in [1.165, 1.54) is 16.3 Å². The Bertz CT molecular complexity index is 1080. The fourth-order valence-corrected chi connectivity index (χ4v) is 3.32. The van der Waals surface area contributed by atoms with Gasteiger partial charge in [0.05, 0.1) is 18.5 Å². The molecular formula is C22H21N3O2. The molecule has 0 aliphatic heterocycles. The molecule has 0 atom stereocenters. The van der Waals surface area contributed by atoms with E-state index < -0.39 is 0 Å². The van der Waals surface area contributed by atoms with Crippen LogP contribution in [0.15, 0.2) is 59.3 Å². The Morgan fingerprint density at radius 2 is 1.85 bits per heavy atom. The molecule has 0 saturated heterocycles. The summed E-state index contributed by atoms with van der Waals surface area (Å²) < 4.78 is 10.7. The molecule has 0 spiro atoms. The third-order valence-corrected chi connectivity index (χ3v) is 4.66. The number of fused-ring (bicyclic) bond motifs is 1. The van der Waals surface area contributed by atoms with Gasteiger partial charge in [-0.2, -0.15) is 0 Å². The second kappa shape index (κ2) is 7.11.